The molecular formula is C26H32N4O4S. The summed E-state index contributed by atoms with van der Waals surface area (Å²) in [4.78, 5) is 21.5. The Labute approximate surface area is 222 Å². The summed E-state index contributed by atoms with van der Waals surface area (Å²) in [6, 6.07) is 15.3. The largest absolute Gasteiger partial charge is 0.372 e. The van der Waals surface area contributed by atoms with Crippen molar-refractivity contribution in [3.8, 4) is 22.5 Å². The Balaban J connectivity index is 1.97. The number of amides is 1. The van der Waals surface area contributed by atoms with Gasteiger partial charge in [-0.15, -0.1) is 0 Å². The van der Waals surface area contributed by atoms with Gasteiger partial charge in [0.05, 0.1) is 23.8 Å². The number of hydrogen-bond acceptors (Lipinski definition) is 7. The molecule has 1 amide bonds. The molecule has 1 heterocycles. The third-order valence-electron chi connectivity index (χ3n) is 4.59. The summed E-state index contributed by atoms with van der Waals surface area (Å²) in [6.07, 6.45) is -3.08. The molecule has 1 N–H and O–H groups in total. The molecule has 0 radical (unpaired) electrons. The first-order valence-corrected chi connectivity index (χ1v) is 12.0. The highest BCUT2D eigenvalue weighted by Crippen LogP contribution is 2.30. The number of ether oxygens (including phenoxy) is 1. The van der Waals surface area contributed by atoms with Crippen LogP contribution in [0.2, 0.25) is 0 Å². The molecule has 8 nitrogen and oxygen atoms in total. The Kier molecular flexibility index (Phi) is 5.30. The van der Waals surface area contributed by atoms with Crippen LogP contribution in [0.15, 0.2) is 66.9 Å². The number of carbonyl (C=O) groups excluding carboxylic acids is 1. The van der Waals surface area contributed by atoms with E-state index in [9.17, 15) is 13.2 Å². The molecule has 2 aromatic carbocycles. The lowest BCUT2D eigenvalue weighted by Gasteiger charge is -2.28. The molecule has 9 heteroatoms. The minimum atomic E-state index is -4.95. The summed E-state index contributed by atoms with van der Waals surface area (Å²) < 4.78 is 117. The van der Waals surface area contributed by atoms with Crippen LogP contribution in [0.25, 0.3) is 22.5 Å². The van der Waals surface area contributed by atoms with Gasteiger partial charge in [-0.05, 0) is 26.5 Å². The summed E-state index contributed by atoms with van der Waals surface area (Å²) in [5, 5.41) is 0. The van der Waals surface area contributed by atoms with Gasteiger partial charge in [0.25, 0.3) is 5.91 Å². The van der Waals surface area contributed by atoms with E-state index in [0.29, 0.717) is 21.7 Å². The van der Waals surface area contributed by atoms with Crippen molar-refractivity contribution >= 4 is 21.7 Å². The molecule has 3 aromatic rings. The maximum absolute atomic E-state index is 11.9. The van der Waals surface area contributed by atoms with E-state index in [-0.39, 0.29) is 24.5 Å². The van der Waals surface area contributed by atoms with Gasteiger partial charge in [0.15, 0.2) is 0 Å². The van der Waals surface area contributed by atoms with Crippen molar-refractivity contribution in [2.75, 3.05) is 30.8 Å². The quantitative estimate of drug-likeness (QED) is 0.371. The molecule has 0 aliphatic rings. The van der Waals surface area contributed by atoms with E-state index in [1.165, 1.54) is 4.72 Å². The van der Waals surface area contributed by atoms with Crippen LogP contribution in [0.1, 0.15) is 41.6 Å². The lowest BCUT2D eigenvalue weighted by Crippen LogP contribution is -2.33. The number of hydrogen-bond donors (Lipinski definition) is 1. The van der Waals surface area contributed by atoms with Crippen LogP contribution in [0, 0.1) is 0 Å². The fraction of sp³-hybridized carbons (Fsp3) is 0.346. The van der Waals surface area contributed by atoms with Crippen molar-refractivity contribution in [3.63, 3.8) is 0 Å². The Morgan fingerprint density at radius 2 is 1.71 bits per heavy atom. The van der Waals surface area contributed by atoms with E-state index in [2.05, 4.69) is 9.97 Å². The molecule has 1 aromatic heterocycles. The summed E-state index contributed by atoms with van der Waals surface area (Å²) in [7, 11) is -4.95. The number of sulfonamides is 1. The molecule has 3 rings (SSSR count). The van der Waals surface area contributed by atoms with E-state index < -0.39 is 61.4 Å². The number of nitrogens with one attached hydrogen (secondary N) is 1. The number of carbonyl (C=O) groups is 1. The van der Waals surface area contributed by atoms with Crippen molar-refractivity contribution in [1.29, 1.82) is 0 Å². The summed E-state index contributed by atoms with van der Waals surface area (Å²) >= 11 is 0. The van der Waals surface area contributed by atoms with Crippen LogP contribution < -0.4 is 9.62 Å². The molecule has 0 aliphatic carbocycles. The van der Waals surface area contributed by atoms with E-state index in [1.54, 1.807) is 60.7 Å². The molecule has 0 saturated heterocycles. The van der Waals surface area contributed by atoms with Gasteiger partial charge < -0.3 is 9.64 Å². The van der Waals surface area contributed by atoms with Gasteiger partial charge in [0.1, 0.15) is 12.4 Å². The van der Waals surface area contributed by atoms with Crippen LogP contribution >= 0.6 is 0 Å². The second kappa shape index (κ2) is 12.4. The number of nitrogens with zero attached hydrogens (tertiary/aromatic N) is 3. The lowest BCUT2D eigenvalue weighted by molar-refractivity contribution is -0.123. The molecular weight excluding hydrogens is 464 g/mol. The van der Waals surface area contributed by atoms with E-state index >= 15 is 0 Å². The molecule has 0 fully saturated rings. The SMILES string of the molecule is [2H]C([2H])([2H])C(N(c1cnc(-c2ccccc2)c(-c2ccccc2)n1)C([2H])([2H])CCCOCC(=O)NS(=O)(=O)C([2H])([2H])[2H])C([2H])([2H])[2H]. The Hall–Kier alpha value is -3.30. The van der Waals surface area contributed by atoms with E-state index in [0.717, 1.165) is 6.20 Å². The van der Waals surface area contributed by atoms with Crippen molar-refractivity contribution in [3.05, 3.63) is 66.9 Å². The fourth-order valence-electron chi connectivity index (χ4n) is 3.12. The minimum Gasteiger partial charge on any atom is -0.372 e. The molecule has 0 unspecified atom stereocenters. The Morgan fingerprint density at radius 1 is 1.06 bits per heavy atom. The Bertz CT molecular complexity index is 1570. The van der Waals surface area contributed by atoms with Crippen LogP contribution in [0.5, 0.6) is 0 Å². The summed E-state index contributed by atoms with van der Waals surface area (Å²) in [5.41, 5.74) is 1.86. The number of aromatic nitrogens is 2. The van der Waals surface area contributed by atoms with E-state index in [4.69, 9.17) is 19.8 Å². The van der Waals surface area contributed by atoms with E-state index in [1.807, 2.05) is 0 Å². The third kappa shape index (κ3) is 8.15. The smallest absolute Gasteiger partial charge is 0.259 e. The predicted molar refractivity (Wildman–Crippen MR) is 138 cm³/mol. The first-order valence-electron chi connectivity index (χ1n) is 16.1. The van der Waals surface area contributed by atoms with Gasteiger partial charge in [-0.25, -0.2) is 13.4 Å². The first-order chi connectivity index (χ1) is 21.1. The van der Waals surface area contributed by atoms with Gasteiger partial charge in [-0.2, -0.15) is 0 Å². The highest BCUT2D eigenvalue weighted by atomic mass is 32.2. The molecule has 0 aliphatic heterocycles. The molecule has 186 valence electrons. The lowest BCUT2D eigenvalue weighted by atomic mass is 10.0. The summed E-state index contributed by atoms with van der Waals surface area (Å²) in [5.74, 6) is -1.62. The van der Waals surface area contributed by atoms with Gasteiger partial charge in [0, 0.05) is 45.4 Å². The van der Waals surface area contributed by atoms with Crippen molar-refractivity contribution in [2.24, 2.45) is 0 Å². The highest BCUT2D eigenvalue weighted by molar-refractivity contribution is 7.89. The van der Waals surface area contributed by atoms with Gasteiger partial charge >= 0.3 is 0 Å². The monoisotopic (exact) mass is 507 g/mol. The van der Waals surface area contributed by atoms with Crippen molar-refractivity contribution < 1.29 is 33.0 Å². The predicted octanol–water partition coefficient (Wildman–Crippen LogP) is 3.90. The maximum Gasteiger partial charge on any atom is 0.259 e. The molecule has 35 heavy (non-hydrogen) atoms. The normalized spacial score (nSPS) is 17.6. The second-order valence-corrected chi connectivity index (χ2v) is 8.48. The number of rotatable bonds is 12. The van der Waals surface area contributed by atoms with Crippen LogP contribution in [0.3, 0.4) is 0 Å². The van der Waals surface area contributed by atoms with Crippen LogP contribution in [-0.4, -0.2) is 56.2 Å². The van der Waals surface area contributed by atoms with Crippen LogP contribution in [0.4, 0.5) is 5.82 Å². The van der Waals surface area contributed by atoms with Crippen LogP contribution in [-0.2, 0) is 19.6 Å². The molecule has 0 atom stereocenters. The molecule has 0 bridgehead atoms. The highest BCUT2D eigenvalue weighted by Gasteiger charge is 2.17. The van der Waals surface area contributed by atoms with Crippen molar-refractivity contribution in [1.82, 2.24) is 14.7 Å². The third-order valence-corrected chi connectivity index (χ3v) is 5.08. The number of anilines is 1. The zero-order valence-electron chi connectivity index (χ0n) is 29.6. The maximum atomic E-state index is 11.9. The standard InChI is InChI=1S/C26H32N4O4S/c1-20(2)30(16-10-11-17-34-19-24(31)29-35(3,32)33)23-18-27-25(21-12-6-4-7-13-21)26(28-23)22-14-8-5-9-15-22/h4-9,12-15,18,20H,10-11,16-17,19H2,1-3H3,(H,29,31)/i1D3,2D3,3D3,16D2. The average molecular weight is 508 g/mol. The zero-order valence-corrected chi connectivity index (χ0v) is 19.5. The average Bonchev–Trinajstić information content (AvgIpc) is 2.94. The van der Waals surface area contributed by atoms with Crippen molar-refractivity contribution in [2.45, 2.75) is 32.6 Å². The molecule has 0 spiro atoms. The fourth-order valence-corrected chi connectivity index (χ4v) is 3.48. The van der Waals surface area contributed by atoms with Gasteiger partial charge in [-0.1, -0.05) is 60.7 Å². The Morgan fingerprint density at radius 3 is 2.34 bits per heavy atom. The number of benzene rings is 2. The topological polar surface area (TPSA) is 101 Å². The molecule has 0 saturated carbocycles. The zero-order chi connectivity index (χ0) is 34.6. The second-order valence-electron chi connectivity index (χ2n) is 7.27. The van der Waals surface area contributed by atoms with Gasteiger partial charge in [-0.3, -0.25) is 14.5 Å². The van der Waals surface area contributed by atoms with Gasteiger partial charge in [0.2, 0.25) is 10.0 Å². The summed E-state index contributed by atoms with van der Waals surface area (Å²) in [6.45, 7) is -10.3. The first kappa shape index (κ1) is 15.0. The minimum absolute atomic E-state index is 0.196.